The molecule has 0 aromatic carbocycles. The van der Waals surface area contributed by atoms with Crippen LogP contribution in [0, 0.1) is 5.95 Å². The second-order valence-electron chi connectivity index (χ2n) is 7.92. The van der Waals surface area contributed by atoms with Crippen LogP contribution in [-0.2, 0) is 19.4 Å². The maximum absolute atomic E-state index is 13.4. The van der Waals surface area contributed by atoms with Gasteiger partial charge in [-0.2, -0.15) is 4.39 Å². The van der Waals surface area contributed by atoms with Crippen molar-refractivity contribution in [1.29, 1.82) is 0 Å². The van der Waals surface area contributed by atoms with E-state index in [0.717, 1.165) is 29.8 Å². The lowest BCUT2D eigenvalue weighted by Gasteiger charge is -2.14. The predicted molar refractivity (Wildman–Crippen MR) is 128 cm³/mol. The summed E-state index contributed by atoms with van der Waals surface area (Å²) in [4.78, 5) is 25.6. The van der Waals surface area contributed by atoms with Gasteiger partial charge in [-0.25, -0.2) is 9.97 Å². The molecule has 0 aliphatic heterocycles. The lowest BCUT2D eigenvalue weighted by atomic mass is 9.96. The molecule has 0 bridgehead atoms. The summed E-state index contributed by atoms with van der Waals surface area (Å²) in [7, 11) is 0. The molecule has 0 saturated heterocycles. The number of halogens is 1. The molecule has 5 rings (SSSR count). The first kappa shape index (κ1) is 21.2. The van der Waals surface area contributed by atoms with Crippen LogP contribution < -0.4 is 5.32 Å². The first-order valence-corrected chi connectivity index (χ1v) is 11.7. The number of fused-ring (bicyclic) bond motifs is 1. The fourth-order valence-electron chi connectivity index (χ4n) is 3.94. The van der Waals surface area contributed by atoms with Crippen molar-refractivity contribution >= 4 is 34.5 Å². The van der Waals surface area contributed by atoms with Gasteiger partial charge in [-0.3, -0.25) is 15.1 Å². The first-order valence-electron chi connectivity index (χ1n) is 10.8. The lowest BCUT2D eigenvalue weighted by Crippen LogP contribution is -2.17. The smallest absolute Gasteiger partial charge is 0.274 e. The third-order valence-electron chi connectivity index (χ3n) is 5.57. The van der Waals surface area contributed by atoms with E-state index in [9.17, 15) is 9.18 Å². The minimum Gasteiger partial charge on any atom is -0.339 e. The minimum atomic E-state index is -0.542. The third-order valence-corrected chi connectivity index (χ3v) is 6.35. The summed E-state index contributed by atoms with van der Waals surface area (Å²) >= 11 is 1.36. The first-order chi connectivity index (χ1) is 16.1. The fourth-order valence-corrected chi connectivity index (χ4v) is 4.61. The minimum absolute atomic E-state index is 0.268. The normalized spacial score (nSPS) is 13.2. The fraction of sp³-hybridized carbons (Fsp3) is 0.200. The van der Waals surface area contributed by atoms with E-state index in [0.29, 0.717) is 17.4 Å². The summed E-state index contributed by atoms with van der Waals surface area (Å²) in [6.45, 7) is 0.370. The van der Waals surface area contributed by atoms with Gasteiger partial charge in [-0.1, -0.05) is 6.07 Å². The van der Waals surface area contributed by atoms with Crippen LogP contribution in [-0.4, -0.2) is 25.4 Å². The van der Waals surface area contributed by atoms with E-state index in [2.05, 4.69) is 21.4 Å². The molecular weight excluding hydrogens is 437 g/mol. The number of hydrogen-bond donors (Lipinski definition) is 1. The summed E-state index contributed by atoms with van der Waals surface area (Å²) in [6.07, 6.45) is 11.7. The Balaban J connectivity index is 1.24. The molecule has 4 aromatic heterocycles. The Hall–Kier alpha value is -3.65. The van der Waals surface area contributed by atoms with E-state index < -0.39 is 5.95 Å². The molecule has 0 fully saturated rings. The van der Waals surface area contributed by atoms with E-state index in [1.165, 1.54) is 47.7 Å². The maximum atomic E-state index is 13.4. The van der Waals surface area contributed by atoms with Gasteiger partial charge in [0.15, 0.2) is 5.13 Å². The Morgan fingerprint density at radius 3 is 2.91 bits per heavy atom. The lowest BCUT2D eigenvalue weighted by molar-refractivity contribution is 0.101. The number of amides is 1. The molecule has 0 atom stereocenters. The summed E-state index contributed by atoms with van der Waals surface area (Å²) < 4.78 is 15.1. The average Bonchev–Trinajstić information content (AvgIpc) is 3.47. The van der Waals surface area contributed by atoms with Crippen molar-refractivity contribution in [2.45, 2.75) is 32.2 Å². The van der Waals surface area contributed by atoms with E-state index in [-0.39, 0.29) is 5.91 Å². The van der Waals surface area contributed by atoms with Gasteiger partial charge in [0, 0.05) is 30.0 Å². The molecule has 0 unspecified atom stereocenters. The highest BCUT2D eigenvalue weighted by Gasteiger charge is 2.14. The predicted octanol–water partition coefficient (Wildman–Crippen LogP) is 5.22. The summed E-state index contributed by atoms with van der Waals surface area (Å²) in [6, 6.07) is 10.8. The number of rotatable bonds is 6. The van der Waals surface area contributed by atoms with Crippen LogP contribution in [0.4, 0.5) is 9.52 Å². The molecule has 1 amide bonds. The molecule has 33 heavy (non-hydrogen) atoms. The van der Waals surface area contributed by atoms with Crippen molar-refractivity contribution in [3.8, 4) is 0 Å². The Morgan fingerprint density at radius 2 is 2.00 bits per heavy atom. The Morgan fingerprint density at radius 1 is 1.12 bits per heavy atom. The quantitative estimate of drug-likeness (QED) is 0.401. The van der Waals surface area contributed by atoms with Gasteiger partial charge in [0.25, 0.3) is 5.91 Å². The number of carbonyl (C=O) groups excluding carboxylic acids is 1. The number of nitrogens with zero attached hydrogens (tertiary/aromatic N) is 4. The monoisotopic (exact) mass is 459 g/mol. The van der Waals surface area contributed by atoms with Crippen molar-refractivity contribution in [3.63, 3.8) is 0 Å². The highest BCUT2D eigenvalue weighted by molar-refractivity contribution is 7.14. The highest BCUT2D eigenvalue weighted by Crippen LogP contribution is 2.22. The number of thiazole rings is 1. The van der Waals surface area contributed by atoms with E-state index in [4.69, 9.17) is 4.98 Å². The van der Waals surface area contributed by atoms with E-state index >= 15 is 0 Å². The molecule has 1 aliphatic rings. The number of aryl methyl sites for hydroxylation is 2. The van der Waals surface area contributed by atoms with Crippen LogP contribution in [0.2, 0.25) is 0 Å². The van der Waals surface area contributed by atoms with Crippen molar-refractivity contribution < 1.29 is 9.18 Å². The Kier molecular flexibility index (Phi) is 6.08. The standard InChI is InChI=1S/C25H22FN5OS/c26-23-14-17(11-12-27-23)15-31-13-3-6-22(31)24(32)30-25-29-20(16-33-25)10-9-19-8-7-18-4-1-2-5-21(18)28-19/h3,6-14,16H,1-2,4-5,15H2,(H,29,30,32)/b10-9+. The maximum Gasteiger partial charge on any atom is 0.274 e. The number of aromatic nitrogens is 4. The Bertz CT molecular complexity index is 1330. The van der Waals surface area contributed by atoms with Crippen molar-refractivity contribution in [1.82, 2.24) is 19.5 Å². The second-order valence-corrected chi connectivity index (χ2v) is 8.78. The Labute approximate surface area is 194 Å². The highest BCUT2D eigenvalue weighted by atomic mass is 32.1. The van der Waals surface area contributed by atoms with Gasteiger partial charge in [0.1, 0.15) is 5.69 Å². The zero-order valence-electron chi connectivity index (χ0n) is 17.9. The average molecular weight is 460 g/mol. The summed E-state index contributed by atoms with van der Waals surface area (Å²) in [5.74, 6) is -0.810. The van der Waals surface area contributed by atoms with Gasteiger partial charge in [0.2, 0.25) is 5.95 Å². The van der Waals surface area contributed by atoms with E-state index in [1.807, 2.05) is 23.6 Å². The van der Waals surface area contributed by atoms with Crippen molar-refractivity contribution in [3.05, 3.63) is 94.0 Å². The summed E-state index contributed by atoms with van der Waals surface area (Å²) in [5, 5.41) is 5.26. The molecule has 166 valence electrons. The van der Waals surface area contributed by atoms with Crippen LogP contribution in [0.15, 0.2) is 54.2 Å². The SMILES string of the molecule is O=C(Nc1nc(/C=C/c2ccc3c(n2)CCCC3)cs1)c1cccn1Cc1ccnc(F)c1. The topological polar surface area (TPSA) is 72.7 Å². The number of hydrogen-bond acceptors (Lipinski definition) is 5. The summed E-state index contributed by atoms with van der Waals surface area (Å²) in [5.41, 5.74) is 5.43. The molecule has 6 nitrogen and oxygen atoms in total. The number of pyridine rings is 2. The van der Waals surface area contributed by atoms with Crippen LogP contribution in [0.25, 0.3) is 12.2 Å². The molecule has 8 heteroatoms. The van der Waals surface area contributed by atoms with Gasteiger partial charge in [-0.15, -0.1) is 11.3 Å². The molecule has 4 heterocycles. The zero-order chi connectivity index (χ0) is 22.6. The van der Waals surface area contributed by atoms with Crippen molar-refractivity contribution in [2.75, 3.05) is 5.32 Å². The molecule has 1 N–H and O–H groups in total. The molecule has 0 spiro atoms. The van der Waals surface area contributed by atoms with Gasteiger partial charge < -0.3 is 4.57 Å². The second kappa shape index (κ2) is 9.46. The number of carbonyl (C=O) groups is 1. The third kappa shape index (κ3) is 5.06. The molecule has 0 saturated carbocycles. The molecular formula is C25H22FN5OS. The van der Waals surface area contributed by atoms with Crippen LogP contribution in [0.3, 0.4) is 0 Å². The van der Waals surface area contributed by atoms with Crippen LogP contribution in [0.1, 0.15) is 51.5 Å². The zero-order valence-corrected chi connectivity index (χ0v) is 18.7. The number of anilines is 1. The van der Waals surface area contributed by atoms with Crippen molar-refractivity contribution in [2.24, 2.45) is 0 Å². The molecule has 0 radical (unpaired) electrons. The van der Waals surface area contributed by atoms with Gasteiger partial charge >= 0.3 is 0 Å². The van der Waals surface area contributed by atoms with Gasteiger partial charge in [0.05, 0.1) is 11.4 Å². The van der Waals surface area contributed by atoms with Crippen LogP contribution >= 0.6 is 11.3 Å². The van der Waals surface area contributed by atoms with E-state index in [1.54, 1.807) is 29.0 Å². The molecule has 1 aliphatic carbocycles. The van der Waals surface area contributed by atoms with Gasteiger partial charge in [-0.05, 0) is 79.3 Å². The van der Waals surface area contributed by atoms with Crippen LogP contribution in [0.5, 0.6) is 0 Å². The molecule has 4 aromatic rings. The number of nitrogens with one attached hydrogen (secondary N) is 1. The largest absolute Gasteiger partial charge is 0.339 e.